The molecule has 1 aliphatic heterocycles. The fourth-order valence-corrected chi connectivity index (χ4v) is 4.71. The van der Waals surface area contributed by atoms with Crippen LogP contribution in [0.4, 0.5) is 35.2 Å². The molecule has 34 heavy (non-hydrogen) atoms. The van der Waals surface area contributed by atoms with E-state index in [9.17, 15) is 26.4 Å². The molecule has 2 heterocycles. The van der Waals surface area contributed by atoms with Crippen molar-refractivity contribution in [1.82, 2.24) is 9.71 Å². The lowest BCUT2D eigenvalue weighted by Gasteiger charge is -2.24. The predicted molar refractivity (Wildman–Crippen MR) is 119 cm³/mol. The van der Waals surface area contributed by atoms with Crippen LogP contribution in [0.25, 0.3) is 0 Å². The molecule has 2 aromatic rings. The van der Waals surface area contributed by atoms with Crippen LogP contribution in [0.5, 0.6) is 0 Å². The summed E-state index contributed by atoms with van der Waals surface area (Å²) >= 11 is 0. The van der Waals surface area contributed by atoms with Gasteiger partial charge >= 0.3 is 12.2 Å². The van der Waals surface area contributed by atoms with Crippen molar-refractivity contribution < 1.29 is 31.1 Å². The molecule has 1 saturated carbocycles. The quantitative estimate of drug-likeness (QED) is 0.562. The standard InChI is InChI=1S/C21H24F3N5O4S/c22-21(23,24)14-3-1-4-16(11-14)26-20(30)27-18-12-17(34(31,32)28-15-5-6-15)13-25-19(18)29-7-2-9-33-10-8-29/h1,3-4,11-13,15,28H,2,5-10H2,(H2,26,27,30). The molecule has 9 nitrogen and oxygen atoms in total. The number of alkyl halides is 3. The van der Waals surface area contributed by atoms with Gasteiger partial charge in [0.15, 0.2) is 5.82 Å². The molecule has 2 aliphatic rings. The second-order valence-corrected chi connectivity index (χ2v) is 9.76. The number of sulfonamides is 1. The number of nitrogens with zero attached hydrogens (tertiary/aromatic N) is 2. The Kier molecular flexibility index (Phi) is 6.96. The van der Waals surface area contributed by atoms with Gasteiger partial charge in [-0.1, -0.05) is 6.07 Å². The summed E-state index contributed by atoms with van der Waals surface area (Å²) in [6.45, 7) is 2.04. The molecule has 1 aliphatic carbocycles. The molecule has 1 aromatic carbocycles. The summed E-state index contributed by atoms with van der Waals surface area (Å²) in [5.41, 5.74) is -0.856. The summed E-state index contributed by atoms with van der Waals surface area (Å²) in [7, 11) is -3.84. The van der Waals surface area contributed by atoms with Crippen LogP contribution in [0.2, 0.25) is 0 Å². The molecule has 0 atom stereocenters. The van der Waals surface area contributed by atoms with Gasteiger partial charge in [0.25, 0.3) is 0 Å². The SMILES string of the molecule is O=C(Nc1cccc(C(F)(F)F)c1)Nc1cc(S(=O)(=O)NC2CC2)cnc1N1CCCOCC1. The Morgan fingerprint density at radius 2 is 1.91 bits per heavy atom. The highest BCUT2D eigenvalue weighted by molar-refractivity contribution is 7.89. The van der Waals surface area contributed by atoms with Gasteiger partial charge in [-0.05, 0) is 43.5 Å². The van der Waals surface area contributed by atoms with E-state index in [-0.39, 0.29) is 22.3 Å². The molecule has 0 radical (unpaired) electrons. The Hall–Kier alpha value is -2.90. The van der Waals surface area contributed by atoms with E-state index in [1.165, 1.54) is 24.4 Å². The summed E-state index contributed by atoms with van der Waals surface area (Å²) in [6, 6.07) is 4.55. The molecule has 0 spiro atoms. The molecule has 184 valence electrons. The number of urea groups is 1. The van der Waals surface area contributed by atoms with Gasteiger partial charge in [0.1, 0.15) is 4.90 Å². The molecule has 13 heteroatoms. The predicted octanol–water partition coefficient (Wildman–Crippen LogP) is 3.41. The average Bonchev–Trinajstić information content (AvgIpc) is 3.60. The summed E-state index contributed by atoms with van der Waals surface area (Å²) in [5.74, 6) is 0.343. The number of rotatable bonds is 6. The summed E-state index contributed by atoms with van der Waals surface area (Å²) in [4.78, 5) is 18.7. The topological polar surface area (TPSA) is 113 Å². The molecule has 1 saturated heterocycles. The first kappa shape index (κ1) is 24.2. The Bertz CT molecular complexity index is 1150. The van der Waals surface area contributed by atoms with Crippen LogP contribution in [-0.4, -0.2) is 51.8 Å². The Morgan fingerprint density at radius 3 is 2.65 bits per heavy atom. The number of benzene rings is 1. The van der Waals surface area contributed by atoms with Crippen molar-refractivity contribution in [3.8, 4) is 0 Å². The third kappa shape index (κ3) is 6.15. The number of halogens is 3. The molecular weight excluding hydrogens is 475 g/mol. The van der Waals surface area contributed by atoms with Crippen LogP contribution in [-0.2, 0) is 20.9 Å². The first-order valence-electron chi connectivity index (χ1n) is 10.7. The third-order valence-corrected chi connectivity index (χ3v) is 6.76. The number of carbonyl (C=O) groups is 1. The number of nitrogens with one attached hydrogen (secondary N) is 3. The zero-order valence-corrected chi connectivity index (χ0v) is 18.9. The maximum Gasteiger partial charge on any atom is 0.416 e. The maximum atomic E-state index is 13.0. The first-order valence-corrected chi connectivity index (χ1v) is 12.2. The van der Waals surface area contributed by atoms with E-state index < -0.39 is 27.8 Å². The van der Waals surface area contributed by atoms with Crippen molar-refractivity contribution in [3.63, 3.8) is 0 Å². The summed E-state index contributed by atoms with van der Waals surface area (Å²) < 4.78 is 72.3. The van der Waals surface area contributed by atoms with Gasteiger partial charge in [0, 0.05) is 37.6 Å². The van der Waals surface area contributed by atoms with Crippen LogP contribution in [0.15, 0.2) is 41.4 Å². The highest BCUT2D eigenvalue weighted by atomic mass is 32.2. The minimum absolute atomic E-state index is 0.0656. The number of carbonyl (C=O) groups excluding carboxylic acids is 1. The second kappa shape index (κ2) is 9.76. The maximum absolute atomic E-state index is 13.0. The van der Waals surface area contributed by atoms with E-state index in [2.05, 4.69) is 20.3 Å². The van der Waals surface area contributed by atoms with Crippen LogP contribution in [0, 0.1) is 0 Å². The van der Waals surface area contributed by atoms with Crippen LogP contribution in [0.1, 0.15) is 24.8 Å². The summed E-state index contributed by atoms with van der Waals surface area (Å²) in [6.07, 6.45) is -1.12. The molecule has 0 unspecified atom stereocenters. The normalized spacial score (nSPS) is 17.2. The van der Waals surface area contributed by atoms with E-state index in [0.29, 0.717) is 38.5 Å². The van der Waals surface area contributed by atoms with E-state index in [1.54, 1.807) is 0 Å². The number of ether oxygens (including phenoxy) is 1. The van der Waals surface area contributed by atoms with Gasteiger partial charge in [-0.15, -0.1) is 0 Å². The molecule has 2 fully saturated rings. The minimum Gasteiger partial charge on any atom is -0.380 e. The first-order chi connectivity index (χ1) is 16.1. The lowest BCUT2D eigenvalue weighted by atomic mass is 10.2. The zero-order valence-electron chi connectivity index (χ0n) is 18.1. The average molecular weight is 500 g/mol. The number of hydrogen-bond acceptors (Lipinski definition) is 6. The van der Waals surface area contributed by atoms with Gasteiger partial charge in [0.05, 0.1) is 17.9 Å². The number of amides is 2. The van der Waals surface area contributed by atoms with Gasteiger partial charge in [0.2, 0.25) is 10.0 Å². The Morgan fingerprint density at radius 1 is 1.12 bits per heavy atom. The molecule has 4 rings (SSSR count). The monoisotopic (exact) mass is 499 g/mol. The second-order valence-electron chi connectivity index (χ2n) is 8.05. The smallest absolute Gasteiger partial charge is 0.380 e. The number of pyridine rings is 1. The highest BCUT2D eigenvalue weighted by Crippen LogP contribution is 2.31. The van der Waals surface area contributed by atoms with Crippen molar-refractivity contribution in [2.75, 3.05) is 41.8 Å². The zero-order chi connectivity index (χ0) is 24.3. The van der Waals surface area contributed by atoms with Crippen LogP contribution in [0.3, 0.4) is 0 Å². The van der Waals surface area contributed by atoms with Crippen molar-refractivity contribution >= 4 is 33.2 Å². The van der Waals surface area contributed by atoms with Gasteiger partial charge in [-0.2, -0.15) is 13.2 Å². The number of anilines is 3. The van der Waals surface area contributed by atoms with Crippen LogP contribution < -0.4 is 20.3 Å². The fourth-order valence-electron chi connectivity index (χ4n) is 3.43. The van der Waals surface area contributed by atoms with Crippen molar-refractivity contribution in [3.05, 3.63) is 42.1 Å². The van der Waals surface area contributed by atoms with E-state index in [1.807, 2.05) is 4.90 Å². The van der Waals surface area contributed by atoms with Crippen molar-refractivity contribution in [2.24, 2.45) is 0 Å². The number of aromatic nitrogens is 1. The lowest BCUT2D eigenvalue weighted by Crippen LogP contribution is -2.30. The largest absolute Gasteiger partial charge is 0.416 e. The van der Waals surface area contributed by atoms with Crippen molar-refractivity contribution in [1.29, 1.82) is 0 Å². The number of hydrogen-bond donors (Lipinski definition) is 3. The van der Waals surface area contributed by atoms with Crippen LogP contribution >= 0.6 is 0 Å². The van der Waals surface area contributed by atoms with Gasteiger partial charge in [-0.25, -0.2) is 22.9 Å². The van der Waals surface area contributed by atoms with Crippen molar-refractivity contribution in [2.45, 2.75) is 36.4 Å². The van der Waals surface area contributed by atoms with Gasteiger partial charge in [-0.3, -0.25) is 0 Å². The summed E-state index contributed by atoms with van der Waals surface area (Å²) in [5, 5.41) is 4.91. The van der Waals surface area contributed by atoms with E-state index in [4.69, 9.17) is 4.74 Å². The van der Waals surface area contributed by atoms with E-state index >= 15 is 0 Å². The highest BCUT2D eigenvalue weighted by Gasteiger charge is 2.31. The fraction of sp³-hybridized carbons (Fsp3) is 0.429. The molecule has 0 bridgehead atoms. The Balaban J connectivity index is 1.59. The third-order valence-electron chi connectivity index (χ3n) is 5.27. The molecular formula is C21H24F3N5O4S. The molecule has 3 N–H and O–H groups in total. The molecule has 1 aromatic heterocycles. The lowest BCUT2D eigenvalue weighted by molar-refractivity contribution is -0.137. The minimum atomic E-state index is -4.56. The van der Waals surface area contributed by atoms with Gasteiger partial charge < -0.3 is 20.3 Å². The Labute approximate surface area is 194 Å². The molecule has 2 amide bonds. The van der Waals surface area contributed by atoms with E-state index in [0.717, 1.165) is 25.0 Å².